The van der Waals surface area contributed by atoms with Crippen LogP contribution in [0.25, 0.3) is 21.5 Å². The van der Waals surface area contributed by atoms with Crippen LogP contribution in [0.15, 0.2) is 78.9 Å². The molecule has 0 aliphatic carbocycles. The van der Waals surface area contributed by atoms with Crippen LogP contribution in [0.4, 0.5) is 0 Å². The van der Waals surface area contributed by atoms with Crippen LogP contribution in [-0.2, 0) is 11.2 Å². The first-order valence-electron chi connectivity index (χ1n) is 16.0. The second-order valence-corrected chi connectivity index (χ2v) is 11.1. The topological polar surface area (TPSA) is 63.6 Å². The molecule has 4 aromatic rings. The van der Waals surface area contributed by atoms with Gasteiger partial charge in [-0.2, -0.15) is 0 Å². The number of hydrogen-bond donors (Lipinski definition) is 1. The van der Waals surface area contributed by atoms with E-state index in [-0.39, 0.29) is 11.1 Å². The molecule has 0 radical (unpaired) electrons. The number of unbranched alkanes of at least 4 members (excludes halogenated alkanes) is 10. The standard InChI is InChI=1S/C24H38O4.C14H10/c1-3-5-7-9-11-13-16-20-17-15-18-21(23(25)26)22(20)24(27)28-19-14-12-10-8-6-4-2;1-3-7-13-11(5-1)9-10-12-6-2-4-8-14(12)13/h15,17-18H,3-14,16,19H2,1-2H3,(H,25,26);1-10H. The van der Waals surface area contributed by atoms with Gasteiger partial charge in [0.2, 0.25) is 0 Å². The van der Waals surface area contributed by atoms with E-state index in [1.165, 1.54) is 72.6 Å². The molecule has 0 atom stereocenters. The zero-order chi connectivity index (χ0) is 30.0. The number of benzene rings is 4. The molecule has 0 spiro atoms. The van der Waals surface area contributed by atoms with Crippen molar-refractivity contribution in [1.82, 2.24) is 0 Å². The molecule has 0 heterocycles. The summed E-state index contributed by atoms with van der Waals surface area (Å²) in [6.45, 7) is 4.74. The molecule has 0 fully saturated rings. The second kappa shape index (κ2) is 18.7. The summed E-state index contributed by atoms with van der Waals surface area (Å²) in [5, 5.41) is 14.8. The Kier molecular flexibility index (Phi) is 14.6. The van der Waals surface area contributed by atoms with Crippen molar-refractivity contribution in [1.29, 1.82) is 0 Å². The molecule has 0 amide bonds. The second-order valence-electron chi connectivity index (χ2n) is 11.1. The Morgan fingerprint density at radius 3 is 1.69 bits per heavy atom. The van der Waals surface area contributed by atoms with E-state index in [0.29, 0.717) is 13.0 Å². The maximum atomic E-state index is 12.6. The van der Waals surface area contributed by atoms with E-state index < -0.39 is 11.9 Å². The summed E-state index contributed by atoms with van der Waals surface area (Å²) in [7, 11) is 0. The maximum Gasteiger partial charge on any atom is 0.339 e. The van der Waals surface area contributed by atoms with Crippen LogP contribution in [0.3, 0.4) is 0 Å². The number of hydrogen-bond acceptors (Lipinski definition) is 3. The predicted octanol–water partition coefficient (Wildman–Crippen LogP) is 10.8. The normalized spacial score (nSPS) is 10.8. The summed E-state index contributed by atoms with van der Waals surface area (Å²) in [5.41, 5.74) is 1.09. The number of aryl methyl sites for hydroxylation is 1. The smallest absolute Gasteiger partial charge is 0.339 e. The zero-order valence-corrected chi connectivity index (χ0v) is 25.6. The van der Waals surface area contributed by atoms with Gasteiger partial charge in [-0.05, 0) is 52.4 Å². The number of carboxylic acids is 1. The zero-order valence-electron chi connectivity index (χ0n) is 25.6. The first kappa shape index (κ1) is 32.8. The van der Waals surface area contributed by atoms with Crippen LogP contribution < -0.4 is 0 Å². The summed E-state index contributed by atoms with van der Waals surface area (Å²) in [6.07, 6.45) is 14.4. The highest BCUT2D eigenvalue weighted by Gasteiger charge is 2.21. The first-order chi connectivity index (χ1) is 20.6. The van der Waals surface area contributed by atoms with Crippen LogP contribution >= 0.6 is 0 Å². The Morgan fingerprint density at radius 1 is 0.595 bits per heavy atom. The lowest BCUT2D eigenvalue weighted by Crippen LogP contribution is -2.15. The van der Waals surface area contributed by atoms with Gasteiger partial charge in [-0.25, -0.2) is 9.59 Å². The van der Waals surface area contributed by atoms with Crippen molar-refractivity contribution in [3.63, 3.8) is 0 Å². The molecule has 0 aliphatic rings. The van der Waals surface area contributed by atoms with E-state index in [1.807, 2.05) is 6.07 Å². The van der Waals surface area contributed by atoms with Gasteiger partial charge in [-0.1, -0.05) is 151 Å². The van der Waals surface area contributed by atoms with Crippen LogP contribution in [0.1, 0.15) is 117 Å². The summed E-state index contributed by atoms with van der Waals surface area (Å²) < 4.78 is 5.42. The third-order valence-corrected chi connectivity index (χ3v) is 7.77. The molecule has 0 unspecified atom stereocenters. The Labute approximate surface area is 252 Å². The van der Waals surface area contributed by atoms with Crippen molar-refractivity contribution in [3.05, 3.63) is 95.6 Å². The van der Waals surface area contributed by atoms with E-state index in [1.54, 1.807) is 6.07 Å². The Balaban J connectivity index is 0.000000283. The number of carbonyl (C=O) groups excluding carboxylic acids is 1. The van der Waals surface area contributed by atoms with E-state index in [9.17, 15) is 14.7 Å². The minimum absolute atomic E-state index is 0.0522. The van der Waals surface area contributed by atoms with Gasteiger partial charge in [-0.3, -0.25) is 0 Å². The Hall–Kier alpha value is -3.66. The number of carboxylic acid groups (broad SMARTS) is 1. The highest BCUT2D eigenvalue weighted by atomic mass is 16.5. The third kappa shape index (κ3) is 10.3. The number of fused-ring (bicyclic) bond motifs is 3. The van der Waals surface area contributed by atoms with Crippen molar-refractivity contribution in [3.8, 4) is 0 Å². The molecule has 4 rings (SSSR count). The fraction of sp³-hybridized carbons (Fsp3) is 0.421. The van der Waals surface area contributed by atoms with Crippen molar-refractivity contribution in [2.75, 3.05) is 6.61 Å². The molecular weight excluding hydrogens is 520 g/mol. The van der Waals surface area contributed by atoms with Crippen LogP contribution in [-0.4, -0.2) is 23.7 Å². The summed E-state index contributed by atoms with van der Waals surface area (Å²) >= 11 is 0. The van der Waals surface area contributed by atoms with Crippen molar-refractivity contribution in [2.24, 2.45) is 0 Å². The molecule has 224 valence electrons. The number of carbonyl (C=O) groups is 2. The maximum absolute atomic E-state index is 12.6. The lowest BCUT2D eigenvalue weighted by Gasteiger charge is -2.12. The summed E-state index contributed by atoms with van der Waals surface area (Å²) in [6, 6.07) is 26.4. The van der Waals surface area contributed by atoms with Gasteiger partial charge in [-0.15, -0.1) is 0 Å². The predicted molar refractivity (Wildman–Crippen MR) is 176 cm³/mol. The number of esters is 1. The minimum Gasteiger partial charge on any atom is -0.478 e. The number of rotatable bonds is 16. The molecule has 4 heteroatoms. The fourth-order valence-electron chi connectivity index (χ4n) is 5.40. The van der Waals surface area contributed by atoms with Gasteiger partial charge in [0.1, 0.15) is 0 Å². The molecule has 0 saturated carbocycles. The van der Waals surface area contributed by atoms with Gasteiger partial charge in [0.25, 0.3) is 0 Å². The largest absolute Gasteiger partial charge is 0.478 e. The van der Waals surface area contributed by atoms with Crippen molar-refractivity contribution < 1.29 is 19.4 Å². The summed E-state index contributed by atoms with van der Waals surface area (Å²) in [4.78, 5) is 24.2. The number of aromatic carboxylic acids is 1. The molecule has 42 heavy (non-hydrogen) atoms. The van der Waals surface area contributed by atoms with Crippen molar-refractivity contribution >= 4 is 33.5 Å². The molecule has 0 bridgehead atoms. The Bertz CT molecular complexity index is 1340. The molecular formula is C38H48O4. The fourth-order valence-corrected chi connectivity index (χ4v) is 5.40. The van der Waals surface area contributed by atoms with E-state index in [4.69, 9.17) is 4.74 Å². The van der Waals surface area contributed by atoms with Gasteiger partial charge in [0, 0.05) is 0 Å². The summed E-state index contributed by atoms with van der Waals surface area (Å²) in [5.74, 6) is -1.57. The first-order valence-corrected chi connectivity index (χ1v) is 16.0. The van der Waals surface area contributed by atoms with E-state index in [2.05, 4.69) is 74.5 Å². The lowest BCUT2D eigenvalue weighted by molar-refractivity contribution is 0.0486. The van der Waals surface area contributed by atoms with Crippen LogP contribution in [0.5, 0.6) is 0 Å². The highest BCUT2D eigenvalue weighted by Crippen LogP contribution is 2.24. The molecule has 0 aliphatic heterocycles. The lowest BCUT2D eigenvalue weighted by atomic mass is 9.96. The third-order valence-electron chi connectivity index (χ3n) is 7.77. The van der Waals surface area contributed by atoms with E-state index in [0.717, 1.165) is 37.7 Å². The number of ether oxygens (including phenoxy) is 1. The molecule has 4 aromatic carbocycles. The average Bonchev–Trinajstić information content (AvgIpc) is 3.02. The molecule has 0 aromatic heterocycles. The van der Waals surface area contributed by atoms with Gasteiger partial charge >= 0.3 is 11.9 Å². The molecule has 1 N–H and O–H groups in total. The quantitative estimate of drug-likeness (QED) is 0.0829. The SMILES string of the molecule is CCCCCCCCOC(=O)c1c(CCCCCCCC)cccc1C(=O)O.c1ccc2c(c1)ccc1ccccc12. The van der Waals surface area contributed by atoms with Gasteiger partial charge < -0.3 is 9.84 Å². The Morgan fingerprint density at radius 2 is 1.12 bits per heavy atom. The van der Waals surface area contributed by atoms with Crippen LogP contribution in [0, 0.1) is 0 Å². The molecule has 4 nitrogen and oxygen atoms in total. The van der Waals surface area contributed by atoms with Gasteiger partial charge in [0.15, 0.2) is 0 Å². The van der Waals surface area contributed by atoms with Gasteiger partial charge in [0.05, 0.1) is 17.7 Å². The average molecular weight is 569 g/mol. The highest BCUT2D eigenvalue weighted by molar-refractivity contribution is 6.07. The van der Waals surface area contributed by atoms with Crippen molar-refractivity contribution in [2.45, 2.75) is 97.3 Å². The van der Waals surface area contributed by atoms with Crippen LogP contribution in [0.2, 0.25) is 0 Å². The van der Waals surface area contributed by atoms with E-state index >= 15 is 0 Å². The minimum atomic E-state index is -1.07. The molecule has 0 saturated heterocycles. The monoisotopic (exact) mass is 568 g/mol.